The molecule has 7 nitrogen and oxygen atoms in total. The number of nitrogens with one attached hydrogen (secondary N) is 1. The van der Waals surface area contributed by atoms with E-state index in [1.165, 1.54) is 10.6 Å². The van der Waals surface area contributed by atoms with E-state index in [-0.39, 0.29) is 6.04 Å². The van der Waals surface area contributed by atoms with Crippen molar-refractivity contribution >= 4 is 15.8 Å². The lowest BCUT2D eigenvalue weighted by Crippen LogP contribution is -2.41. The van der Waals surface area contributed by atoms with Crippen LogP contribution in [-0.2, 0) is 16.4 Å². The number of hydrogen-bond donors (Lipinski definition) is 1. The number of rotatable bonds is 5. The summed E-state index contributed by atoms with van der Waals surface area (Å²) in [5, 5.41) is 3.44. The molecule has 0 spiro atoms. The Hall–Kier alpha value is -2.06. The van der Waals surface area contributed by atoms with E-state index in [9.17, 15) is 8.42 Å². The van der Waals surface area contributed by atoms with Crippen LogP contribution in [0.2, 0.25) is 0 Å². The molecule has 8 heteroatoms. The summed E-state index contributed by atoms with van der Waals surface area (Å²) in [4.78, 5) is 13.5. The van der Waals surface area contributed by atoms with Crippen LogP contribution in [-0.4, -0.2) is 53.1 Å². The summed E-state index contributed by atoms with van der Waals surface area (Å²) in [6, 6.07) is 7.83. The molecule has 1 aliphatic rings. The SMILES string of the molecule is CCc1cc(NC2CCN(S(C)(=O)=O)CC2)nc(-c2ccccn2)n1. The molecular weight excluding hydrogens is 338 g/mol. The van der Waals surface area contributed by atoms with E-state index >= 15 is 0 Å². The molecule has 0 aliphatic carbocycles. The number of aryl methyl sites for hydroxylation is 1. The third kappa shape index (κ3) is 4.52. The maximum atomic E-state index is 11.6. The second kappa shape index (κ2) is 7.45. The van der Waals surface area contributed by atoms with Crippen LogP contribution in [0.25, 0.3) is 11.5 Å². The average Bonchev–Trinajstić information content (AvgIpc) is 2.62. The number of hydrogen-bond acceptors (Lipinski definition) is 6. The first-order chi connectivity index (χ1) is 12.0. The molecule has 1 fully saturated rings. The summed E-state index contributed by atoms with van der Waals surface area (Å²) in [7, 11) is -3.10. The van der Waals surface area contributed by atoms with E-state index < -0.39 is 10.0 Å². The van der Waals surface area contributed by atoms with Crippen molar-refractivity contribution in [2.75, 3.05) is 24.7 Å². The molecule has 3 heterocycles. The summed E-state index contributed by atoms with van der Waals surface area (Å²) in [5.74, 6) is 1.38. The molecule has 1 aliphatic heterocycles. The van der Waals surface area contributed by atoms with Crippen molar-refractivity contribution in [3.05, 3.63) is 36.2 Å². The number of piperidine rings is 1. The van der Waals surface area contributed by atoms with Crippen molar-refractivity contribution < 1.29 is 8.42 Å². The number of nitrogens with zero attached hydrogens (tertiary/aromatic N) is 4. The van der Waals surface area contributed by atoms with Gasteiger partial charge in [0, 0.05) is 37.1 Å². The first-order valence-electron chi connectivity index (χ1n) is 8.46. The second-order valence-corrected chi connectivity index (χ2v) is 8.20. The first-order valence-corrected chi connectivity index (χ1v) is 10.3. The third-order valence-electron chi connectivity index (χ3n) is 4.31. The molecule has 134 valence electrons. The van der Waals surface area contributed by atoms with Gasteiger partial charge in [0.25, 0.3) is 0 Å². The quantitative estimate of drug-likeness (QED) is 0.875. The summed E-state index contributed by atoms with van der Waals surface area (Å²) in [5.41, 5.74) is 1.69. The van der Waals surface area contributed by atoms with E-state index in [1.807, 2.05) is 24.3 Å². The zero-order valence-electron chi connectivity index (χ0n) is 14.5. The number of aromatic nitrogens is 3. The predicted molar refractivity (Wildman–Crippen MR) is 97.7 cm³/mol. The van der Waals surface area contributed by atoms with Crippen molar-refractivity contribution in [1.82, 2.24) is 19.3 Å². The van der Waals surface area contributed by atoms with Crippen molar-refractivity contribution in [3.8, 4) is 11.5 Å². The van der Waals surface area contributed by atoms with Gasteiger partial charge in [0.05, 0.1) is 6.26 Å². The third-order valence-corrected chi connectivity index (χ3v) is 5.61. The molecule has 25 heavy (non-hydrogen) atoms. The summed E-state index contributed by atoms with van der Waals surface area (Å²) < 4.78 is 24.8. The minimum atomic E-state index is -3.10. The molecule has 0 aromatic carbocycles. The van der Waals surface area contributed by atoms with Gasteiger partial charge in [-0.2, -0.15) is 0 Å². The van der Waals surface area contributed by atoms with Crippen molar-refractivity contribution in [3.63, 3.8) is 0 Å². The normalized spacial score (nSPS) is 16.7. The largest absolute Gasteiger partial charge is 0.367 e. The van der Waals surface area contributed by atoms with Gasteiger partial charge in [-0.05, 0) is 31.4 Å². The van der Waals surface area contributed by atoms with Gasteiger partial charge in [-0.15, -0.1) is 0 Å². The molecule has 2 aromatic heterocycles. The highest BCUT2D eigenvalue weighted by molar-refractivity contribution is 7.88. The zero-order valence-corrected chi connectivity index (χ0v) is 15.3. The minimum absolute atomic E-state index is 0.203. The standard InChI is InChI=1S/C17H23N5O2S/c1-3-13-12-16(21-17(20-13)15-6-4-5-9-18-15)19-14-7-10-22(11-8-14)25(2,23)24/h4-6,9,12,14H,3,7-8,10-11H2,1-2H3,(H,19,20,21). The Morgan fingerprint density at radius 3 is 2.60 bits per heavy atom. The number of anilines is 1. The topological polar surface area (TPSA) is 88.1 Å². The molecule has 0 amide bonds. The van der Waals surface area contributed by atoms with Crippen molar-refractivity contribution in [2.45, 2.75) is 32.2 Å². The Labute approximate surface area is 148 Å². The van der Waals surface area contributed by atoms with Crippen LogP contribution >= 0.6 is 0 Å². The number of sulfonamides is 1. The highest BCUT2D eigenvalue weighted by Gasteiger charge is 2.25. The highest BCUT2D eigenvalue weighted by atomic mass is 32.2. The van der Waals surface area contributed by atoms with Gasteiger partial charge in [0.2, 0.25) is 10.0 Å². The lowest BCUT2D eigenvalue weighted by Gasteiger charge is -2.31. The Kier molecular flexibility index (Phi) is 5.29. The van der Waals surface area contributed by atoms with Gasteiger partial charge < -0.3 is 5.32 Å². The fraction of sp³-hybridized carbons (Fsp3) is 0.471. The zero-order chi connectivity index (χ0) is 17.9. The maximum absolute atomic E-state index is 11.6. The van der Waals surface area contributed by atoms with E-state index in [1.54, 1.807) is 6.20 Å². The Bertz CT molecular complexity index is 818. The molecule has 0 bridgehead atoms. The Morgan fingerprint density at radius 2 is 2.00 bits per heavy atom. The Morgan fingerprint density at radius 1 is 1.24 bits per heavy atom. The van der Waals surface area contributed by atoms with E-state index in [0.717, 1.165) is 36.5 Å². The highest BCUT2D eigenvalue weighted by Crippen LogP contribution is 2.20. The minimum Gasteiger partial charge on any atom is -0.367 e. The van der Waals surface area contributed by atoms with Crippen LogP contribution in [0, 0.1) is 0 Å². The smallest absolute Gasteiger partial charge is 0.211 e. The van der Waals surface area contributed by atoms with Crippen LogP contribution in [0.1, 0.15) is 25.5 Å². The lowest BCUT2D eigenvalue weighted by molar-refractivity contribution is 0.331. The molecule has 2 aromatic rings. The molecular formula is C17H23N5O2S. The molecule has 0 unspecified atom stereocenters. The van der Waals surface area contributed by atoms with E-state index in [0.29, 0.717) is 18.9 Å². The van der Waals surface area contributed by atoms with E-state index in [4.69, 9.17) is 0 Å². The van der Waals surface area contributed by atoms with Gasteiger partial charge in [-0.25, -0.2) is 22.7 Å². The van der Waals surface area contributed by atoms with Gasteiger partial charge in [0.15, 0.2) is 5.82 Å². The summed E-state index contributed by atoms with van der Waals surface area (Å²) >= 11 is 0. The average molecular weight is 361 g/mol. The van der Waals surface area contributed by atoms with Gasteiger partial charge >= 0.3 is 0 Å². The van der Waals surface area contributed by atoms with Gasteiger partial charge in [0.1, 0.15) is 11.5 Å². The molecule has 1 N–H and O–H groups in total. The fourth-order valence-electron chi connectivity index (χ4n) is 2.90. The van der Waals surface area contributed by atoms with E-state index in [2.05, 4.69) is 27.2 Å². The predicted octanol–water partition coefficient (Wildman–Crippen LogP) is 1.94. The lowest BCUT2D eigenvalue weighted by atomic mass is 10.1. The summed E-state index contributed by atoms with van der Waals surface area (Å²) in [6.45, 7) is 3.13. The van der Waals surface area contributed by atoms with Crippen molar-refractivity contribution in [1.29, 1.82) is 0 Å². The van der Waals surface area contributed by atoms with Crippen LogP contribution in [0.3, 0.4) is 0 Å². The molecule has 3 rings (SSSR count). The van der Waals surface area contributed by atoms with Gasteiger partial charge in [-0.1, -0.05) is 13.0 Å². The second-order valence-electron chi connectivity index (χ2n) is 6.22. The molecule has 0 atom stereocenters. The van der Waals surface area contributed by atoms with Gasteiger partial charge in [-0.3, -0.25) is 4.98 Å². The van der Waals surface area contributed by atoms with Crippen LogP contribution in [0.5, 0.6) is 0 Å². The summed E-state index contributed by atoms with van der Waals surface area (Å²) in [6.07, 6.45) is 5.32. The fourth-order valence-corrected chi connectivity index (χ4v) is 3.78. The van der Waals surface area contributed by atoms with Crippen LogP contribution < -0.4 is 5.32 Å². The first kappa shape index (κ1) is 17.8. The number of pyridine rings is 1. The Balaban J connectivity index is 1.75. The van der Waals surface area contributed by atoms with Crippen LogP contribution in [0.15, 0.2) is 30.5 Å². The molecule has 0 saturated carbocycles. The maximum Gasteiger partial charge on any atom is 0.211 e. The van der Waals surface area contributed by atoms with Crippen molar-refractivity contribution in [2.24, 2.45) is 0 Å². The molecule has 1 saturated heterocycles. The monoisotopic (exact) mass is 361 g/mol. The molecule has 0 radical (unpaired) electrons. The van der Waals surface area contributed by atoms with Crippen LogP contribution in [0.4, 0.5) is 5.82 Å².